The van der Waals surface area contributed by atoms with Gasteiger partial charge >= 0.3 is 0 Å². The van der Waals surface area contributed by atoms with Crippen LogP contribution < -0.4 is 4.74 Å². The molecule has 1 aromatic rings. The molecule has 2 nitrogen and oxygen atoms in total. The molecule has 0 aliphatic rings. The normalized spacial score (nSPS) is 10.8. The maximum absolute atomic E-state index is 12.5. The molecule has 0 radical (unpaired) electrons. The molecular formula is C11H11F2NO. The van der Waals surface area contributed by atoms with E-state index in [-0.39, 0.29) is 6.42 Å². The monoisotopic (exact) mass is 211 g/mol. The highest BCUT2D eigenvalue weighted by Gasteiger charge is 2.21. The van der Waals surface area contributed by atoms with Gasteiger partial charge in [0.1, 0.15) is 5.75 Å². The van der Waals surface area contributed by atoms with E-state index < -0.39 is 12.5 Å². The first kappa shape index (κ1) is 11.4. The van der Waals surface area contributed by atoms with Crippen molar-refractivity contribution in [2.24, 2.45) is 0 Å². The standard InChI is InChI=1S/C11H11F2NO/c1-11(12,13)8-15-10-4-2-3-9(7-10)5-6-14/h2-4,7H,5,8H2,1H3. The molecule has 4 heteroatoms. The Hall–Kier alpha value is -1.63. The highest BCUT2D eigenvalue weighted by Crippen LogP contribution is 2.17. The SMILES string of the molecule is CC(F)(F)COc1cccc(CC#N)c1. The summed E-state index contributed by atoms with van der Waals surface area (Å²) in [6.45, 7) is 0.148. The topological polar surface area (TPSA) is 33.0 Å². The van der Waals surface area contributed by atoms with Crippen LogP contribution in [0.25, 0.3) is 0 Å². The lowest BCUT2D eigenvalue weighted by molar-refractivity contribution is -0.0229. The van der Waals surface area contributed by atoms with Gasteiger partial charge in [-0.25, -0.2) is 8.78 Å². The molecule has 0 atom stereocenters. The minimum absolute atomic E-state index is 0.250. The van der Waals surface area contributed by atoms with Crippen molar-refractivity contribution in [3.05, 3.63) is 29.8 Å². The maximum Gasteiger partial charge on any atom is 0.278 e. The third-order valence-electron chi connectivity index (χ3n) is 1.67. The minimum atomic E-state index is -2.84. The molecule has 0 saturated carbocycles. The fourth-order valence-corrected chi connectivity index (χ4v) is 1.05. The average molecular weight is 211 g/mol. The molecule has 0 fully saturated rings. The summed E-state index contributed by atoms with van der Waals surface area (Å²) in [7, 11) is 0. The smallest absolute Gasteiger partial charge is 0.278 e. The Morgan fingerprint density at radius 3 is 2.80 bits per heavy atom. The highest BCUT2D eigenvalue weighted by molar-refractivity contribution is 5.30. The zero-order valence-corrected chi connectivity index (χ0v) is 8.34. The zero-order valence-electron chi connectivity index (χ0n) is 8.34. The van der Waals surface area contributed by atoms with Crippen molar-refractivity contribution in [1.82, 2.24) is 0 Å². The number of benzene rings is 1. The van der Waals surface area contributed by atoms with Crippen LogP contribution in [0.5, 0.6) is 5.75 Å². The lowest BCUT2D eigenvalue weighted by Gasteiger charge is -2.12. The van der Waals surface area contributed by atoms with E-state index in [9.17, 15) is 8.78 Å². The number of alkyl halides is 2. The first-order valence-electron chi connectivity index (χ1n) is 4.48. The van der Waals surface area contributed by atoms with Gasteiger partial charge in [-0.3, -0.25) is 0 Å². The van der Waals surface area contributed by atoms with Crippen molar-refractivity contribution in [2.45, 2.75) is 19.3 Å². The molecule has 0 aliphatic carbocycles. The van der Waals surface area contributed by atoms with E-state index in [2.05, 4.69) is 0 Å². The van der Waals surface area contributed by atoms with E-state index in [1.54, 1.807) is 24.3 Å². The van der Waals surface area contributed by atoms with Crippen molar-refractivity contribution in [2.75, 3.05) is 6.61 Å². The summed E-state index contributed by atoms with van der Waals surface area (Å²) in [6.07, 6.45) is 0.250. The lowest BCUT2D eigenvalue weighted by atomic mass is 10.1. The van der Waals surface area contributed by atoms with Crippen LogP contribution in [-0.2, 0) is 6.42 Å². The van der Waals surface area contributed by atoms with Crippen molar-refractivity contribution in [3.63, 3.8) is 0 Å². The predicted molar refractivity (Wildman–Crippen MR) is 51.9 cm³/mol. The van der Waals surface area contributed by atoms with Gasteiger partial charge in [-0.15, -0.1) is 0 Å². The Labute approximate surface area is 87.1 Å². The Kier molecular flexibility index (Phi) is 3.62. The largest absolute Gasteiger partial charge is 0.487 e. The molecule has 0 heterocycles. The Bertz CT molecular complexity index is 366. The van der Waals surface area contributed by atoms with Crippen molar-refractivity contribution in [1.29, 1.82) is 5.26 Å². The third kappa shape index (κ3) is 4.41. The number of hydrogen-bond acceptors (Lipinski definition) is 2. The predicted octanol–water partition coefficient (Wildman–Crippen LogP) is 2.79. The van der Waals surface area contributed by atoms with Gasteiger partial charge in [-0.1, -0.05) is 12.1 Å². The van der Waals surface area contributed by atoms with Gasteiger partial charge in [-0.2, -0.15) is 5.26 Å². The molecule has 0 unspecified atom stereocenters. The van der Waals surface area contributed by atoms with E-state index >= 15 is 0 Å². The number of nitriles is 1. The summed E-state index contributed by atoms with van der Waals surface area (Å²) >= 11 is 0. The Balaban J connectivity index is 2.62. The van der Waals surface area contributed by atoms with Gasteiger partial charge in [0.15, 0.2) is 6.61 Å². The van der Waals surface area contributed by atoms with Crippen LogP contribution >= 0.6 is 0 Å². The molecule has 1 aromatic carbocycles. The van der Waals surface area contributed by atoms with Crippen LogP contribution in [0.2, 0.25) is 0 Å². The fraction of sp³-hybridized carbons (Fsp3) is 0.364. The second-order valence-electron chi connectivity index (χ2n) is 3.34. The number of ether oxygens (including phenoxy) is 1. The van der Waals surface area contributed by atoms with Crippen molar-refractivity contribution < 1.29 is 13.5 Å². The molecule has 0 N–H and O–H groups in total. The van der Waals surface area contributed by atoms with E-state index in [0.717, 1.165) is 12.5 Å². The molecule has 80 valence electrons. The molecule has 0 aromatic heterocycles. The van der Waals surface area contributed by atoms with Gasteiger partial charge < -0.3 is 4.74 Å². The summed E-state index contributed by atoms with van der Waals surface area (Å²) in [6, 6.07) is 8.59. The molecule has 1 rings (SSSR count). The maximum atomic E-state index is 12.5. The Morgan fingerprint density at radius 1 is 1.47 bits per heavy atom. The van der Waals surface area contributed by atoms with Gasteiger partial charge in [0, 0.05) is 6.92 Å². The van der Waals surface area contributed by atoms with Gasteiger partial charge in [0.2, 0.25) is 0 Å². The first-order valence-corrected chi connectivity index (χ1v) is 4.48. The van der Waals surface area contributed by atoms with E-state index in [4.69, 9.17) is 10.00 Å². The molecule has 0 aliphatic heterocycles. The lowest BCUT2D eigenvalue weighted by Crippen LogP contribution is -2.20. The van der Waals surface area contributed by atoms with Gasteiger partial charge in [0.05, 0.1) is 12.5 Å². The average Bonchev–Trinajstić information content (AvgIpc) is 2.15. The Morgan fingerprint density at radius 2 is 2.20 bits per heavy atom. The van der Waals surface area contributed by atoms with E-state index in [1.165, 1.54) is 0 Å². The van der Waals surface area contributed by atoms with E-state index in [1.807, 2.05) is 6.07 Å². The third-order valence-corrected chi connectivity index (χ3v) is 1.67. The van der Waals surface area contributed by atoms with Crippen molar-refractivity contribution >= 4 is 0 Å². The summed E-state index contributed by atoms with van der Waals surface area (Å²) < 4.78 is 29.9. The summed E-state index contributed by atoms with van der Waals surface area (Å²) in [5.41, 5.74) is 0.759. The fourth-order valence-electron chi connectivity index (χ4n) is 1.05. The number of rotatable bonds is 4. The summed E-state index contributed by atoms with van der Waals surface area (Å²) in [5.74, 6) is -2.48. The second kappa shape index (κ2) is 4.74. The van der Waals surface area contributed by atoms with Crippen LogP contribution in [-0.4, -0.2) is 12.5 Å². The van der Waals surface area contributed by atoms with Gasteiger partial charge in [-0.05, 0) is 17.7 Å². The zero-order chi connectivity index (χ0) is 11.3. The number of hydrogen-bond donors (Lipinski definition) is 0. The van der Waals surface area contributed by atoms with Crippen LogP contribution in [0.4, 0.5) is 8.78 Å². The number of nitrogens with zero attached hydrogens (tertiary/aromatic N) is 1. The quantitative estimate of drug-likeness (QED) is 0.767. The summed E-state index contributed by atoms with van der Waals surface area (Å²) in [5, 5.41) is 8.46. The molecule has 0 bridgehead atoms. The van der Waals surface area contributed by atoms with Crippen LogP contribution in [0.3, 0.4) is 0 Å². The highest BCUT2D eigenvalue weighted by atomic mass is 19.3. The molecule has 0 saturated heterocycles. The number of halogens is 2. The van der Waals surface area contributed by atoms with Crippen LogP contribution in [0.1, 0.15) is 12.5 Å². The molecule has 15 heavy (non-hydrogen) atoms. The first-order chi connectivity index (χ1) is 7.01. The molecule has 0 spiro atoms. The van der Waals surface area contributed by atoms with E-state index in [0.29, 0.717) is 5.75 Å². The van der Waals surface area contributed by atoms with Crippen LogP contribution in [0.15, 0.2) is 24.3 Å². The van der Waals surface area contributed by atoms with Crippen LogP contribution in [0, 0.1) is 11.3 Å². The molecular weight excluding hydrogens is 200 g/mol. The minimum Gasteiger partial charge on any atom is -0.487 e. The molecule has 0 amide bonds. The summed E-state index contributed by atoms with van der Waals surface area (Å²) in [4.78, 5) is 0. The van der Waals surface area contributed by atoms with Gasteiger partial charge in [0.25, 0.3) is 5.92 Å². The second-order valence-corrected chi connectivity index (χ2v) is 3.34. The van der Waals surface area contributed by atoms with Crippen molar-refractivity contribution in [3.8, 4) is 11.8 Å².